The number of para-hydroxylation sites is 2. The first kappa shape index (κ1) is 32.8. The first-order valence-corrected chi connectivity index (χ1v) is 17.7. The summed E-state index contributed by atoms with van der Waals surface area (Å²) in [4.78, 5) is 63.2. The summed E-state index contributed by atoms with van der Waals surface area (Å²) >= 11 is 0. The van der Waals surface area contributed by atoms with Crippen LogP contribution in [0.2, 0.25) is 0 Å². The van der Waals surface area contributed by atoms with E-state index in [1.54, 1.807) is 21.9 Å². The lowest BCUT2D eigenvalue weighted by atomic mass is 10.1. The zero-order valence-corrected chi connectivity index (χ0v) is 28.5. The van der Waals surface area contributed by atoms with E-state index in [9.17, 15) is 19.2 Å². The van der Waals surface area contributed by atoms with E-state index >= 15 is 0 Å². The van der Waals surface area contributed by atoms with Gasteiger partial charge < -0.3 is 30.4 Å². The molecule has 0 radical (unpaired) electrons. The number of likely N-dealkylation sites (tertiary alicyclic amines) is 2. The minimum atomic E-state index is -0.533. The van der Waals surface area contributed by atoms with Crippen LogP contribution in [0.25, 0.3) is 34.0 Å². The topological polar surface area (TPSA) is 130 Å². The maximum absolute atomic E-state index is 13.5. The predicted molar refractivity (Wildman–Crippen MR) is 204 cm³/mol. The van der Waals surface area contributed by atoms with Crippen LogP contribution in [-0.2, 0) is 9.59 Å². The van der Waals surface area contributed by atoms with Crippen LogP contribution in [0, 0.1) is 0 Å². The van der Waals surface area contributed by atoms with Crippen molar-refractivity contribution in [2.75, 3.05) is 23.7 Å². The molecule has 10 nitrogen and oxygen atoms in total. The van der Waals surface area contributed by atoms with Gasteiger partial charge in [0.1, 0.15) is 12.1 Å². The second kappa shape index (κ2) is 14.1. The van der Waals surface area contributed by atoms with Crippen LogP contribution >= 0.6 is 0 Å². The third-order valence-corrected chi connectivity index (χ3v) is 10.1. The van der Waals surface area contributed by atoms with Gasteiger partial charge in [-0.2, -0.15) is 0 Å². The second-order valence-corrected chi connectivity index (χ2v) is 13.4. The maximum atomic E-state index is 13.5. The summed E-state index contributed by atoms with van der Waals surface area (Å²) in [6, 6.07) is 29.2. The Morgan fingerprint density at radius 1 is 0.558 bits per heavy atom. The third kappa shape index (κ3) is 6.46. The first-order valence-electron chi connectivity index (χ1n) is 17.7. The Labute approximate surface area is 300 Å². The zero-order valence-electron chi connectivity index (χ0n) is 28.5. The highest BCUT2D eigenvalue weighted by Crippen LogP contribution is 2.27. The first-order chi connectivity index (χ1) is 25.4. The molecule has 0 saturated carbocycles. The average molecular weight is 691 g/mol. The molecular weight excluding hydrogens is 652 g/mol. The van der Waals surface area contributed by atoms with Crippen LogP contribution in [0.1, 0.15) is 57.5 Å². The van der Waals surface area contributed by atoms with Gasteiger partial charge in [-0.05, 0) is 85.3 Å². The van der Waals surface area contributed by atoms with Gasteiger partial charge in [0.2, 0.25) is 11.8 Å². The Morgan fingerprint density at radius 3 is 1.40 bits per heavy atom. The van der Waals surface area contributed by atoms with E-state index in [1.807, 2.05) is 109 Å². The Morgan fingerprint density at radius 2 is 0.981 bits per heavy atom. The molecule has 52 heavy (non-hydrogen) atoms. The molecule has 4 aromatic carbocycles. The van der Waals surface area contributed by atoms with Crippen molar-refractivity contribution in [1.29, 1.82) is 0 Å². The number of amides is 4. The average Bonchev–Trinajstić information content (AvgIpc) is 4.01. The lowest BCUT2D eigenvalue weighted by molar-refractivity contribution is -0.120. The molecule has 8 rings (SSSR count). The molecule has 10 heteroatoms. The van der Waals surface area contributed by atoms with Crippen molar-refractivity contribution < 1.29 is 19.2 Å². The number of benzene rings is 4. The Bertz CT molecular complexity index is 2160. The van der Waals surface area contributed by atoms with Gasteiger partial charge in [-0.25, -0.2) is 0 Å². The molecular formula is C42H38N6O4. The van der Waals surface area contributed by atoms with Crippen LogP contribution in [0.5, 0.6) is 0 Å². The molecule has 0 aliphatic carbocycles. The Kier molecular flexibility index (Phi) is 8.86. The summed E-state index contributed by atoms with van der Waals surface area (Å²) in [6.07, 6.45) is 10.4. The van der Waals surface area contributed by atoms with Crippen molar-refractivity contribution in [2.45, 2.75) is 37.8 Å². The van der Waals surface area contributed by atoms with E-state index in [2.05, 4.69) is 20.6 Å². The third-order valence-electron chi connectivity index (χ3n) is 10.1. The van der Waals surface area contributed by atoms with Crippen molar-refractivity contribution >= 4 is 69.0 Å². The number of nitrogens with one attached hydrogen (secondary N) is 4. The molecule has 0 bridgehead atoms. The summed E-state index contributed by atoms with van der Waals surface area (Å²) < 4.78 is 0. The van der Waals surface area contributed by atoms with E-state index < -0.39 is 12.1 Å². The van der Waals surface area contributed by atoms with E-state index in [0.29, 0.717) is 48.4 Å². The summed E-state index contributed by atoms with van der Waals surface area (Å²) in [5.41, 5.74) is 5.95. The number of aromatic nitrogens is 2. The number of hydrogen-bond acceptors (Lipinski definition) is 4. The minimum Gasteiger partial charge on any atom is -0.361 e. The van der Waals surface area contributed by atoms with Crippen LogP contribution in [0.3, 0.4) is 0 Å². The number of nitrogens with zero attached hydrogens (tertiary/aromatic N) is 2. The van der Waals surface area contributed by atoms with Crippen molar-refractivity contribution in [1.82, 2.24) is 19.8 Å². The number of H-pyrrole nitrogens is 2. The summed E-state index contributed by atoms with van der Waals surface area (Å²) in [6.45, 7) is 1.08. The fraction of sp³-hybridized carbons (Fsp3) is 0.190. The highest BCUT2D eigenvalue weighted by Gasteiger charge is 2.36. The lowest BCUT2D eigenvalue weighted by Crippen LogP contribution is -2.43. The normalized spacial score (nSPS) is 17.3. The quantitative estimate of drug-likeness (QED) is 0.125. The molecule has 2 fully saturated rings. The molecule has 260 valence electrons. The smallest absolute Gasteiger partial charge is 0.256 e. The van der Waals surface area contributed by atoms with Crippen molar-refractivity contribution in [3.8, 4) is 0 Å². The predicted octanol–water partition coefficient (Wildman–Crippen LogP) is 7.31. The number of anilines is 2. The zero-order chi connectivity index (χ0) is 35.6. The molecule has 2 aliphatic heterocycles. The van der Waals surface area contributed by atoms with Crippen molar-refractivity contribution in [3.63, 3.8) is 0 Å². The van der Waals surface area contributed by atoms with Gasteiger partial charge in [-0.3, -0.25) is 19.2 Å². The number of rotatable bonds is 8. The van der Waals surface area contributed by atoms with Gasteiger partial charge >= 0.3 is 0 Å². The van der Waals surface area contributed by atoms with E-state index in [1.165, 1.54) is 0 Å². The lowest BCUT2D eigenvalue weighted by Gasteiger charge is -2.24. The summed E-state index contributed by atoms with van der Waals surface area (Å²) in [7, 11) is 0. The number of hydrogen-bond donors (Lipinski definition) is 4. The minimum absolute atomic E-state index is 0.143. The molecule has 2 saturated heterocycles. The highest BCUT2D eigenvalue weighted by molar-refractivity contribution is 6.09. The standard InChI is InChI=1S/C42H38N6O4/c49-39(35-9-3-25-47(35)41(51)33-7-1-5-29-21-23-43-37(29)33)45-31-17-13-27(14-18-31)11-12-28-15-19-32(20-16-28)46-40(50)36-10-4-26-48(36)42(52)34-8-2-6-30-22-24-44-38(30)34/h1-2,5-8,11-24,35-36,43-44H,3-4,9-10,25-26H2,(H,45,49)(H,46,50)/b12-11+/t35-,36-/m0/s1. The van der Waals surface area contributed by atoms with Crippen molar-refractivity contribution in [3.05, 3.63) is 132 Å². The van der Waals surface area contributed by atoms with Crippen LogP contribution in [0.4, 0.5) is 11.4 Å². The molecule has 2 aliphatic rings. The number of fused-ring (bicyclic) bond motifs is 2. The molecule has 2 aromatic heterocycles. The summed E-state index contributed by atoms with van der Waals surface area (Å²) in [5.74, 6) is -0.672. The van der Waals surface area contributed by atoms with Gasteiger partial charge in [0.25, 0.3) is 11.8 Å². The fourth-order valence-corrected chi connectivity index (χ4v) is 7.40. The van der Waals surface area contributed by atoms with Crippen LogP contribution < -0.4 is 10.6 Å². The van der Waals surface area contributed by atoms with Gasteiger partial charge in [-0.1, -0.05) is 60.7 Å². The maximum Gasteiger partial charge on any atom is 0.256 e. The van der Waals surface area contributed by atoms with Gasteiger partial charge in [-0.15, -0.1) is 0 Å². The molecule has 4 amide bonds. The number of carbonyl (C=O) groups excluding carboxylic acids is 4. The molecule has 6 aromatic rings. The molecule has 0 unspecified atom stereocenters. The molecule has 0 spiro atoms. The Hall–Kier alpha value is -6.42. The van der Waals surface area contributed by atoms with Gasteiger partial charge in [0, 0.05) is 47.6 Å². The van der Waals surface area contributed by atoms with Crippen molar-refractivity contribution in [2.24, 2.45) is 0 Å². The summed E-state index contributed by atoms with van der Waals surface area (Å²) in [5, 5.41) is 7.92. The van der Waals surface area contributed by atoms with Crippen LogP contribution in [0.15, 0.2) is 109 Å². The van der Waals surface area contributed by atoms with Gasteiger partial charge in [0.05, 0.1) is 22.2 Å². The van der Waals surface area contributed by atoms with Crippen LogP contribution in [-0.4, -0.2) is 68.6 Å². The molecule has 4 heterocycles. The monoisotopic (exact) mass is 690 g/mol. The SMILES string of the molecule is O=C(Nc1ccc(/C=C/c2ccc(NC(=O)[C@@H]3CCCN3C(=O)c3cccc4cc[nH]c34)cc2)cc1)[C@@H]1CCCN1C(=O)c1cccc2cc[nH]c12. The molecule has 4 N–H and O–H groups in total. The number of carbonyl (C=O) groups is 4. The largest absolute Gasteiger partial charge is 0.361 e. The second-order valence-electron chi connectivity index (χ2n) is 13.4. The Balaban J connectivity index is 0.855. The fourth-order valence-electron chi connectivity index (χ4n) is 7.40. The highest BCUT2D eigenvalue weighted by atomic mass is 16.2. The van der Waals surface area contributed by atoms with E-state index in [-0.39, 0.29) is 23.6 Å². The van der Waals surface area contributed by atoms with E-state index in [4.69, 9.17) is 0 Å². The molecule has 2 atom stereocenters. The van der Waals surface area contributed by atoms with E-state index in [0.717, 1.165) is 45.8 Å². The number of aromatic amines is 2. The van der Waals surface area contributed by atoms with Gasteiger partial charge in [0.15, 0.2) is 0 Å².